The molecule has 1 N–H and O–H groups in total. The Bertz CT molecular complexity index is 504. The highest BCUT2D eigenvalue weighted by molar-refractivity contribution is 9.10. The van der Waals surface area contributed by atoms with Gasteiger partial charge in [0.05, 0.1) is 0 Å². The molecule has 4 nitrogen and oxygen atoms in total. The third-order valence-corrected chi connectivity index (χ3v) is 4.78. The smallest absolute Gasteiger partial charge is 0.269 e. The van der Waals surface area contributed by atoms with Crippen LogP contribution in [-0.2, 0) is 0 Å². The molecule has 1 fully saturated rings. The number of thiophene rings is 1. The van der Waals surface area contributed by atoms with Crippen LogP contribution in [0.25, 0.3) is 10.8 Å². The quantitative estimate of drug-likeness (QED) is 0.926. The van der Waals surface area contributed by atoms with E-state index in [0.717, 1.165) is 41.1 Å². The maximum atomic E-state index is 5.34. The molecular weight excluding hydrogens is 302 g/mol. The van der Waals surface area contributed by atoms with Crippen LogP contribution < -0.4 is 5.32 Å². The third-order valence-electron chi connectivity index (χ3n) is 2.96. The minimum absolute atomic E-state index is 0.437. The number of nitrogens with zero attached hydrogens (tertiary/aromatic N) is 2. The van der Waals surface area contributed by atoms with Crippen molar-refractivity contribution in [1.29, 1.82) is 0 Å². The second-order valence-corrected chi connectivity index (χ2v) is 5.85. The number of piperidine rings is 1. The first-order valence-electron chi connectivity index (χ1n) is 5.62. The van der Waals surface area contributed by atoms with E-state index in [-0.39, 0.29) is 0 Å². The summed E-state index contributed by atoms with van der Waals surface area (Å²) in [5, 5.41) is 9.45. The minimum atomic E-state index is 0.437. The highest BCUT2D eigenvalue weighted by Crippen LogP contribution is 2.33. The zero-order valence-electron chi connectivity index (χ0n) is 9.15. The van der Waals surface area contributed by atoms with Gasteiger partial charge in [-0.05, 0) is 53.3 Å². The summed E-state index contributed by atoms with van der Waals surface area (Å²) in [6, 6.07) is 1.99. The first kappa shape index (κ1) is 11.4. The molecule has 0 unspecified atom stereocenters. The zero-order chi connectivity index (χ0) is 11.7. The molecule has 17 heavy (non-hydrogen) atoms. The monoisotopic (exact) mass is 313 g/mol. The van der Waals surface area contributed by atoms with Gasteiger partial charge in [0, 0.05) is 10.4 Å². The Hall–Kier alpha value is -0.720. The first-order valence-corrected chi connectivity index (χ1v) is 7.29. The van der Waals surface area contributed by atoms with Crippen molar-refractivity contribution in [2.45, 2.75) is 18.8 Å². The average Bonchev–Trinajstić information content (AvgIpc) is 2.98. The summed E-state index contributed by atoms with van der Waals surface area (Å²) in [6.07, 6.45) is 2.18. The molecule has 2 aromatic heterocycles. The summed E-state index contributed by atoms with van der Waals surface area (Å²) < 4.78 is 6.36. The van der Waals surface area contributed by atoms with E-state index in [1.807, 2.05) is 11.4 Å². The van der Waals surface area contributed by atoms with E-state index in [9.17, 15) is 0 Å². The van der Waals surface area contributed by atoms with Gasteiger partial charge in [-0.1, -0.05) is 5.16 Å². The minimum Gasteiger partial charge on any atom is -0.333 e. The van der Waals surface area contributed by atoms with Crippen molar-refractivity contribution in [2.24, 2.45) is 0 Å². The molecule has 0 amide bonds. The van der Waals surface area contributed by atoms with Crippen LogP contribution in [-0.4, -0.2) is 23.2 Å². The Morgan fingerprint density at radius 1 is 1.41 bits per heavy atom. The molecule has 0 saturated carbocycles. The van der Waals surface area contributed by atoms with Crippen LogP contribution in [0.15, 0.2) is 20.4 Å². The molecule has 3 rings (SSSR count). The van der Waals surface area contributed by atoms with Gasteiger partial charge in [0.25, 0.3) is 5.89 Å². The molecule has 0 aromatic carbocycles. The molecule has 3 heterocycles. The van der Waals surface area contributed by atoms with Gasteiger partial charge in [0.2, 0.25) is 0 Å². The van der Waals surface area contributed by atoms with Gasteiger partial charge < -0.3 is 9.84 Å². The Balaban J connectivity index is 1.85. The first-order chi connectivity index (χ1) is 8.34. The van der Waals surface area contributed by atoms with Crippen LogP contribution in [0.1, 0.15) is 24.6 Å². The highest BCUT2D eigenvalue weighted by Gasteiger charge is 2.22. The molecule has 1 saturated heterocycles. The second-order valence-electron chi connectivity index (χ2n) is 4.08. The van der Waals surface area contributed by atoms with Crippen LogP contribution in [0, 0.1) is 0 Å². The molecule has 0 radical (unpaired) electrons. The zero-order valence-corrected chi connectivity index (χ0v) is 11.6. The van der Waals surface area contributed by atoms with E-state index in [1.165, 1.54) is 0 Å². The Labute approximate surface area is 112 Å². The number of hydrogen-bond acceptors (Lipinski definition) is 5. The van der Waals surface area contributed by atoms with Crippen molar-refractivity contribution >= 4 is 27.3 Å². The molecule has 1 aliphatic heterocycles. The number of nitrogens with one attached hydrogen (secondary N) is 1. The number of halogens is 1. The fraction of sp³-hybridized carbons (Fsp3) is 0.455. The highest BCUT2D eigenvalue weighted by atomic mass is 79.9. The normalized spacial score (nSPS) is 17.5. The fourth-order valence-electron chi connectivity index (χ4n) is 2.02. The van der Waals surface area contributed by atoms with Gasteiger partial charge in [-0.2, -0.15) is 4.98 Å². The predicted octanol–water partition coefficient (Wildman–Crippen LogP) is 3.03. The summed E-state index contributed by atoms with van der Waals surface area (Å²) in [5.74, 6) is 1.91. The van der Waals surface area contributed by atoms with Gasteiger partial charge in [-0.15, -0.1) is 11.3 Å². The predicted molar refractivity (Wildman–Crippen MR) is 70.2 cm³/mol. The van der Waals surface area contributed by atoms with Crippen LogP contribution in [0.2, 0.25) is 0 Å². The largest absolute Gasteiger partial charge is 0.333 e. The Morgan fingerprint density at radius 2 is 2.24 bits per heavy atom. The molecule has 6 heteroatoms. The van der Waals surface area contributed by atoms with E-state index in [1.54, 1.807) is 11.3 Å². The van der Waals surface area contributed by atoms with E-state index in [2.05, 4.69) is 31.4 Å². The SMILES string of the molecule is Brc1ccsc1-c1nc(C2CCNCC2)no1. The van der Waals surface area contributed by atoms with Gasteiger partial charge in [-0.25, -0.2) is 0 Å². The van der Waals surface area contributed by atoms with E-state index in [0.29, 0.717) is 11.8 Å². The van der Waals surface area contributed by atoms with Gasteiger partial charge in [0.1, 0.15) is 4.88 Å². The molecule has 0 aliphatic carbocycles. The van der Waals surface area contributed by atoms with Crippen molar-refractivity contribution in [3.05, 3.63) is 21.7 Å². The number of aromatic nitrogens is 2. The average molecular weight is 314 g/mol. The van der Waals surface area contributed by atoms with Gasteiger partial charge in [0.15, 0.2) is 5.82 Å². The fourth-order valence-corrected chi connectivity index (χ4v) is 3.48. The molecule has 0 spiro atoms. The van der Waals surface area contributed by atoms with Crippen molar-refractivity contribution in [3.63, 3.8) is 0 Å². The standard InChI is InChI=1S/C11H12BrN3OS/c12-8-3-6-17-9(8)11-14-10(15-16-11)7-1-4-13-5-2-7/h3,6-7,13H,1-2,4-5H2. The summed E-state index contributed by atoms with van der Waals surface area (Å²) in [4.78, 5) is 5.52. The molecule has 90 valence electrons. The molecule has 0 bridgehead atoms. The van der Waals surface area contributed by atoms with E-state index >= 15 is 0 Å². The molecule has 0 atom stereocenters. The lowest BCUT2D eigenvalue weighted by molar-refractivity contribution is 0.392. The Morgan fingerprint density at radius 3 is 2.94 bits per heavy atom. The number of rotatable bonds is 2. The van der Waals surface area contributed by atoms with Crippen LogP contribution >= 0.6 is 27.3 Å². The maximum Gasteiger partial charge on any atom is 0.269 e. The van der Waals surface area contributed by atoms with Crippen molar-refractivity contribution in [2.75, 3.05) is 13.1 Å². The summed E-state index contributed by atoms with van der Waals surface area (Å²) in [5.41, 5.74) is 0. The molecule has 2 aromatic rings. The Kier molecular flexibility index (Phi) is 3.26. The van der Waals surface area contributed by atoms with E-state index in [4.69, 9.17) is 4.52 Å². The summed E-state index contributed by atoms with van der Waals surface area (Å²) >= 11 is 5.09. The van der Waals surface area contributed by atoms with Crippen LogP contribution in [0.4, 0.5) is 0 Å². The lowest BCUT2D eigenvalue weighted by Crippen LogP contribution is -2.27. The van der Waals surface area contributed by atoms with Crippen molar-refractivity contribution < 1.29 is 4.52 Å². The van der Waals surface area contributed by atoms with Crippen molar-refractivity contribution in [3.8, 4) is 10.8 Å². The third kappa shape index (κ3) is 2.29. The number of hydrogen-bond donors (Lipinski definition) is 1. The second kappa shape index (κ2) is 4.88. The summed E-state index contributed by atoms with van der Waals surface area (Å²) in [6.45, 7) is 2.08. The van der Waals surface area contributed by atoms with Crippen molar-refractivity contribution in [1.82, 2.24) is 15.5 Å². The van der Waals surface area contributed by atoms with Crippen LogP contribution in [0.5, 0.6) is 0 Å². The summed E-state index contributed by atoms with van der Waals surface area (Å²) in [7, 11) is 0. The van der Waals surface area contributed by atoms with Gasteiger partial charge >= 0.3 is 0 Å². The lowest BCUT2D eigenvalue weighted by Gasteiger charge is -2.18. The maximum absolute atomic E-state index is 5.34. The van der Waals surface area contributed by atoms with Crippen LogP contribution in [0.3, 0.4) is 0 Å². The molecule has 1 aliphatic rings. The topological polar surface area (TPSA) is 51.0 Å². The van der Waals surface area contributed by atoms with E-state index < -0.39 is 0 Å². The lowest BCUT2D eigenvalue weighted by atomic mass is 9.98. The van der Waals surface area contributed by atoms with Gasteiger partial charge in [-0.3, -0.25) is 0 Å². The molecular formula is C11H12BrN3OS.